The molecule has 0 bridgehead atoms. The molecule has 8 heteroatoms. The zero-order chi connectivity index (χ0) is 14.7. The fourth-order valence-electron chi connectivity index (χ4n) is 1.68. The molecule has 20 heavy (non-hydrogen) atoms. The van der Waals surface area contributed by atoms with Gasteiger partial charge in [0.1, 0.15) is 0 Å². The fourth-order valence-corrected chi connectivity index (χ4v) is 2.41. The molecular weight excluding hydrogens is 290 g/mol. The molecule has 0 fully saturated rings. The van der Waals surface area contributed by atoms with Crippen molar-refractivity contribution in [1.29, 1.82) is 0 Å². The number of benzene rings is 1. The molecule has 0 aliphatic carbocycles. The van der Waals surface area contributed by atoms with Crippen LogP contribution in [0.1, 0.15) is 0 Å². The lowest BCUT2D eigenvalue weighted by atomic mass is 10.2. The van der Waals surface area contributed by atoms with E-state index in [1.54, 1.807) is 18.2 Å². The number of thioether (sulfide) groups is 1. The normalized spacial score (nSPS) is 11.2. The summed E-state index contributed by atoms with van der Waals surface area (Å²) in [6, 6.07) is 6.35. The predicted molar refractivity (Wildman–Crippen MR) is 70.4 cm³/mol. The van der Waals surface area contributed by atoms with Crippen LogP contribution in [0.3, 0.4) is 0 Å². The van der Waals surface area contributed by atoms with Gasteiger partial charge in [-0.1, -0.05) is 23.9 Å². The Labute approximate surface area is 116 Å². The Bertz CT molecular complexity index is 703. The molecule has 0 radical (unpaired) electrons. The topological polar surface area (TPSA) is 72.2 Å². The maximum absolute atomic E-state index is 12.6. The van der Waals surface area contributed by atoms with Crippen LogP contribution in [0, 0.1) is 0 Å². The molecular formula is C12H10F2N2O3S. The van der Waals surface area contributed by atoms with Gasteiger partial charge in [-0.2, -0.15) is 0 Å². The van der Waals surface area contributed by atoms with Crippen LogP contribution in [-0.4, -0.2) is 32.8 Å². The monoisotopic (exact) mass is 300 g/mol. The Morgan fingerprint density at radius 3 is 2.75 bits per heavy atom. The minimum absolute atomic E-state index is 0.0172. The standard InChI is InChI=1S/C12H10F2N2O3S/c13-9(14)5-16-11(19)7-3-1-2-4-8(7)15-12(16)20-6-10(17)18/h1-4,9H,5-6H2,(H,17,18). The molecule has 2 rings (SSSR count). The van der Waals surface area contributed by atoms with Crippen molar-refractivity contribution in [2.75, 3.05) is 5.75 Å². The van der Waals surface area contributed by atoms with E-state index < -0.39 is 24.5 Å². The summed E-state index contributed by atoms with van der Waals surface area (Å²) in [5, 5.41) is 8.86. The quantitative estimate of drug-likeness (QED) is 0.674. The molecule has 0 aliphatic heterocycles. The summed E-state index contributed by atoms with van der Waals surface area (Å²) < 4.78 is 26.0. The van der Waals surface area contributed by atoms with Crippen molar-refractivity contribution in [3.05, 3.63) is 34.6 Å². The molecule has 0 saturated heterocycles. The molecule has 106 valence electrons. The highest BCUT2D eigenvalue weighted by molar-refractivity contribution is 7.99. The van der Waals surface area contributed by atoms with Crippen molar-refractivity contribution in [3.63, 3.8) is 0 Å². The summed E-state index contributed by atoms with van der Waals surface area (Å²) in [7, 11) is 0. The zero-order valence-corrected chi connectivity index (χ0v) is 10.9. The number of hydrogen-bond acceptors (Lipinski definition) is 4. The number of rotatable bonds is 5. The molecule has 0 atom stereocenters. The molecule has 1 aromatic heterocycles. The summed E-state index contributed by atoms with van der Waals surface area (Å²) in [5.41, 5.74) is -0.236. The second-order valence-electron chi connectivity index (χ2n) is 3.90. The first-order valence-corrected chi connectivity index (χ1v) is 6.60. The van der Waals surface area contributed by atoms with Crippen LogP contribution in [0.15, 0.2) is 34.2 Å². The second-order valence-corrected chi connectivity index (χ2v) is 4.84. The number of hydrogen-bond donors (Lipinski definition) is 1. The molecule has 0 saturated carbocycles. The van der Waals surface area contributed by atoms with Gasteiger partial charge in [0.05, 0.1) is 23.2 Å². The summed E-state index contributed by atoms with van der Waals surface area (Å²) in [6.45, 7) is -0.807. The highest BCUT2D eigenvalue weighted by Crippen LogP contribution is 2.18. The highest BCUT2D eigenvalue weighted by atomic mass is 32.2. The number of fused-ring (bicyclic) bond motifs is 1. The van der Waals surface area contributed by atoms with Gasteiger partial charge in [0.25, 0.3) is 12.0 Å². The van der Waals surface area contributed by atoms with Gasteiger partial charge in [-0.15, -0.1) is 0 Å². The van der Waals surface area contributed by atoms with Gasteiger partial charge in [0, 0.05) is 0 Å². The van der Waals surface area contributed by atoms with E-state index in [2.05, 4.69) is 4.98 Å². The third kappa shape index (κ3) is 3.13. The second kappa shape index (κ2) is 6.00. The number of halogens is 2. The van der Waals surface area contributed by atoms with Crippen molar-refractivity contribution in [1.82, 2.24) is 9.55 Å². The van der Waals surface area contributed by atoms with Gasteiger partial charge in [-0.05, 0) is 12.1 Å². The number of nitrogens with zero attached hydrogens (tertiary/aromatic N) is 2. The van der Waals surface area contributed by atoms with Gasteiger partial charge < -0.3 is 5.11 Å². The largest absolute Gasteiger partial charge is 0.481 e. The fraction of sp³-hybridized carbons (Fsp3) is 0.250. The zero-order valence-electron chi connectivity index (χ0n) is 10.1. The molecule has 2 aromatic rings. The first-order valence-electron chi connectivity index (χ1n) is 5.61. The van der Waals surface area contributed by atoms with Crippen LogP contribution >= 0.6 is 11.8 Å². The summed E-state index contributed by atoms with van der Waals surface area (Å²) >= 11 is 0.745. The van der Waals surface area contributed by atoms with Gasteiger partial charge in [-0.3, -0.25) is 14.2 Å². The number of carboxylic acid groups (broad SMARTS) is 1. The predicted octanol–water partition coefficient (Wildman–Crippen LogP) is 1.84. The Hall–Kier alpha value is -1.96. The summed E-state index contributed by atoms with van der Waals surface area (Å²) in [5.74, 6) is -1.46. The number of aromatic nitrogens is 2. The number of alkyl halides is 2. The third-order valence-corrected chi connectivity index (χ3v) is 3.43. The smallest absolute Gasteiger partial charge is 0.313 e. The minimum Gasteiger partial charge on any atom is -0.481 e. The van der Waals surface area contributed by atoms with Crippen molar-refractivity contribution in [2.24, 2.45) is 0 Å². The van der Waals surface area contributed by atoms with E-state index >= 15 is 0 Å². The molecule has 1 aromatic carbocycles. The summed E-state index contributed by atoms with van der Waals surface area (Å²) in [4.78, 5) is 26.8. The van der Waals surface area contributed by atoms with E-state index in [9.17, 15) is 18.4 Å². The minimum atomic E-state index is -2.72. The maximum atomic E-state index is 12.6. The molecule has 0 aliphatic rings. The Morgan fingerprint density at radius 1 is 1.40 bits per heavy atom. The van der Waals surface area contributed by atoms with E-state index in [-0.39, 0.29) is 16.3 Å². The summed E-state index contributed by atoms with van der Waals surface area (Å²) in [6.07, 6.45) is -2.72. The van der Waals surface area contributed by atoms with Crippen LogP contribution in [0.25, 0.3) is 10.9 Å². The SMILES string of the molecule is O=C(O)CSc1nc2ccccc2c(=O)n1CC(F)F. The molecule has 5 nitrogen and oxygen atoms in total. The third-order valence-electron chi connectivity index (χ3n) is 2.47. The lowest BCUT2D eigenvalue weighted by Crippen LogP contribution is -2.26. The number of para-hydroxylation sites is 1. The van der Waals surface area contributed by atoms with Gasteiger partial charge in [0.2, 0.25) is 0 Å². The van der Waals surface area contributed by atoms with Crippen LogP contribution in [0.5, 0.6) is 0 Å². The lowest BCUT2D eigenvalue weighted by Gasteiger charge is -2.11. The Kier molecular flexibility index (Phi) is 4.33. The van der Waals surface area contributed by atoms with Crippen molar-refractivity contribution in [3.8, 4) is 0 Å². The van der Waals surface area contributed by atoms with Crippen LogP contribution < -0.4 is 5.56 Å². The Balaban J connectivity index is 2.57. The van der Waals surface area contributed by atoms with E-state index in [1.807, 2.05) is 0 Å². The lowest BCUT2D eigenvalue weighted by molar-refractivity contribution is -0.133. The molecule has 1 N–H and O–H groups in total. The average Bonchev–Trinajstić information content (AvgIpc) is 2.39. The maximum Gasteiger partial charge on any atom is 0.313 e. The first kappa shape index (κ1) is 14.4. The van der Waals surface area contributed by atoms with Crippen molar-refractivity contribution in [2.45, 2.75) is 18.1 Å². The van der Waals surface area contributed by atoms with E-state index in [1.165, 1.54) is 6.07 Å². The van der Waals surface area contributed by atoms with Crippen molar-refractivity contribution >= 4 is 28.6 Å². The number of aliphatic carboxylic acids is 1. The number of carbonyl (C=O) groups is 1. The van der Waals surface area contributed by atoms with Crippen molar-refractivity contribution < 1.29 is 18.7 Å². The van der Waals surface area contributed by atoms with Gasteiger partial charge >= 0.3 is 5.97 Å². The first-order chi connectivity index (χ1) is 9.49. The molecule has 0 spiro atoms. The number of carboxylic acids is 1. The van der Waals surface area contributed by atoms with Crippen LogP contribution in [-0.2, 0) is 11.3 Å². The average molecular weight is 300 g/mol. The molecule has 1 heterocycles. The Morgan fingerprint density at radius 2 is 2.10 bits per heavy atom. The van der Waals surface area contributed by atoms with Gasteiger partial charge in [-0.25, -0.2) is 13.8 Å². The van der Waals surface area contributed by atoms with E-state index in [0.29, 0.717) is 5.52 Å². The molecule has 0 amide bonds. The van der Waals surface area contributed by atoms with Crippen LogP contribution in [0.2, 0.25) is 0 Å². The molecule has 0 unspecified atom stereocenters. The highest BCUT2D eigenvalue weighted by Gasteiger charge is 2.15. The van der Waals surface area contributed by atoms with Crippen LogP contribution in [0.4, 0.5) is 8.78 Å². The van der Waals surface area contributed by atoms with E-state index in [4.69, 9.17) is 5.11 Å². The van der Waals surface area contributed by atoms with E-state index in [0.717, 1.165) is 16.3 Å². The van der Waals surface area contributed by atoms with Gasteiger partial charge in [0.15, 0.2) is 5.16 Å².